The zero-order valence-electron chi connectivity index (χ0n) is 14.1. The summed E-state index contributed by atoms with van der Waals surface area (Å²) in [6.45, 7) is 11.9. The van der Waals surface area contributed by atoms with E-state index in [-0.39, 0.29) is 11.5 Å². The minimum absolute atomic E-state index is 0.0472. The van der Waals surface area contributed by atoms with Crippen molar-refractivity contribution in [3.63, 3.8) is 0 Å². The molecular weight excluding hydrogens is 264 g/mol. The fourth-order valence-corrected chi connectivity index (χ4v) is 3.43. The van der Waals surface area contributed by atoms with Gasteiger partial charge in [-0.2, -0.15) is 0 Å². The Morgan fingerprint density at radius 2 is 1.48 bits per heavy atom. The van der Waals surface area contributed by atoms with Crippen molar-refractivity contribution in [2.45, 2.75) is 64.6 Å². The Morgan fingerprint density at radius 3 is 2.00 bits per heavy atom. The van der Waals surface area contributed by atoms with Gasteiger partial charge in [0.15, 0.2) is 0 Å². The Labute approximate surface area is 130 Å². The molecule has 0 aromatic carbocycles. The van der Waals surface area contributed by atoms with E-state index in [4.69, 9.17) is 0 Å². The van der Waals surface area contributed by atoms with Crippen LogP contribution in [0.2, 0.25) is 0 Å². The lowest BCUT2D eigenvalue weighted by Gasteiger charge is -2.42. The highest BCUT2D eigenvalue weighted by Crippen LogP contribution is 2.29. The lowest BCUT2D eigenvalue weighted by Crippen LogP contribution is -2.54. The largest absolute Gasteiger partial charge is 0.391 e. The molecule has 0 amide bonds. The standard InChI is InChI=1S/C17H34N2O2/c1-16(2,3)15(20)13-18-9-11-19(12-10-18)14-17(21)7-5-4-6-8-17/h15,20-21H,4-14H2,1-3H3. The third-order valence-electron chi connectivity index (χ3n) is 5.20. The molecule has 21 heavy (non-hydrogen) atoms. The van der Waals surface area contributed by atoms with Crippen molar-refractivity contribution in [3.8, 4) is 0 Å². The first-order valence-corrected chi connectivity index (χ1v) is 8.64. The summed E-state index contributed by atoms with van der Waals surface area (Å²) in [6, 6.07) is 0. The summed E-state index contributed by atoms with van der Waals surface area (Å²) >= 11 is 0. The van der Waals surface area contributed by atoms with E-state index < -0.39 is 5.60 Å². The van der Waals surface area contributed by atoms with Gasteiger partial charge in [-0.15, -0.1) is 0 Å². The van der Waals surface area contributed by atoms with Gasteiger partial charge in [0.1, 0.15) is 0 Å². The fraction of sp³-hybridized carbons (Fsp3) is 1.00. The second-order valence-electron chi connectivity index (χ2n) is 8.24. The molecule has 2 N–H and O–H groups in total. The smallest absolute Gasteiger partial charge is 0.0774 e. The first kappa shape index (κ1) is 17.2. The molecule has 0 bridgehead atoms. The summed E-state index contributed by atoms with van der Waals surface area (Å²) in [7, 11) is 0. The quantitative estimate of drug-likeness (QED) is 0.829. The third-order valence-corrected chi connectivity index (χ3v) is 5.20. The van der Waals surface area contributed by atoms with Gasteiger partial charge in [-0.25, -0.2) is 0 Å². The van der Waals surface area contributed by atoms with Crippen LogP contribution in [0, 0.1) is 5.41 Å². The summed E-state index contributed by atoms with van der Waals surface area (Å²) < 4.78 is 0. The molecule has 0 aromatic heterocycles. The van der Waals surface area contributed by atoms with Crippen LogP contribution >= 0.6 is 0 Å². The lowest BCUT2D eigenvalue weighted by atomic mass is 9.84. The van der Waals surface area contributed by atoms with Gasteiger partial charge in [-0.05, 0) is 18.3 Å². The Kier molecular flexibility index (Phi) is 5.69. The molecule has 1 heterocycles. The SMILES string of the molecule is CC(C)(C)C(O)CN1CCN(CC2(O)CCCCC2)CC1. The van der Waals surface area contributed by atoms with Gasteiger partial charge in [-0.3, -0.25) is 9.80 Å². The van der Waals surface area contributed by atoms with Crippen molar-refractivity contribution in [2.75, 3.05) is 39.3 Å². The number of rotatable bonds is 4. The van der Waals surface area contributed by atoms with Crippen molar-refractivity contribution in [2.24, 2.45) is 5.41 Å². The van der Waals surface area contributed by atoms with Crippen LogP contribution in [0.4, 0.5) is 0 Å². The molecular formula is C17H34N2O2. The first-order valence-electron chi connectivity index (χ1n) is 8.64. The molecule has 2 aliphatic rings. The summed E-state index contributed by atoms with van der Waals surface area (Å²) in [4.78, 5) is 4.77. The lowest BCUT2D eigenvalue weighted by molar-refractivity contribution is -0.0416. The molecule has 0 radical (unpaired) electrons. The number of β-amino-alcohol motifs (C(OH)–C–C–N with tert-alkyl or cyclic N) is 2. The van der Waals surface area contributed by atoms with Crippen LogP contribution in [-0.4, -0.2) is 71.0 Å². The molecule has 1 saturated heterocycles. The molecule has 2 fully saturated rings. The maximum atomic E-state index is 10.6. The predicted molar refractivity (Wildman–Crippen MR) is 86.4 cm³/mol. The fourth-order valence-electron chi connectivity index (χ4n) is 3.43. The van der Waals surface area contributed by atoms with E-state index in [9.17, 15) is 10.2 Å². The van der Waals surface area contributed by atoms with E-state index in [2.05, 4.69) is 30.6 Å². The van der Waals surface area contributed by atoms with Crippen molar-refractivity contribution < 1.29 is 10.2 Å². The molecule has 4 heteroatoms. The molecule has 0 spiro atoms. The molecule has 2 rings (SSSR count). The van der Waals surface area contributed by atoms with Crippen LogP contribution < -0.4 is 0 Å². The van der Waals surface area contributed by atoms with E-state index in [0.29, 0.717) is 0 Å². The van der Waals surface area contributed by atoms with Crippen molar-refractivity contribution in [3.05, 3.63) is 0 Å². The maximum absolute atomic E-state index is 10.6. The first-order chi connectivity index (χ1) is 9.78. The number of aliphatic hydroxyl groups excluding tert-OH is 1. The Morgan fingerprint density at radius 1 is 0.952 bits per heavy atom. The molecule has 1 saturated carbocycles. The topological polar surface area (TPSA) is 46.9 Å². The molecule has 1 aliphatic heterocycles. The van der Waals surface area contributed by atoms with Crippen LogP contribution in [0.1, 0.15) is 52.9 Å². The number of hydrogen-bond donors (Lipinski definition) is 2. The molecule has 1 unspecified atom stereocenters. The number of hydrogen-bond acceptors (Lipinski definition) is 4. The van der Waals surface area contributed by atoms with Crippen molar-refractivity contribution >= 4 is 0 Å². The van der Waals surface area contributed by atoms with Crippen molar-refractivity contribution in [1.82, 2.24) is 9.80 Å². The second kappa shape index (κ2) is 6.95. The molecule has 0 aromatic rings. The van der Waals surface area contributed by atoms with Gasteiger partial charge in [0.2, 0.25) is 0 Å². The zero-order valence-corrected chi connectivity index (χ0v) is 14.1. The minimum Gasteiger partial charge on any atom is -0.391 e. The Hall–Kier alpha value is -0.160. The van der Waals surface area contributed by atoms with Crippen molar-refractivity contribution in [1.29, 1.82) is 0 Å². The minimum atomic E-state index is -0.439. The van der Waals surface area contributed by atoms with Gasteiger partial charge in [0.05, 0.1) is 11.7 Å². The average Bonchev–Trinajstić information content (AvgIpc) is 2.40. The summed E-state index contributed by atoms with van der Waals surface area (Å²) in [6.07, 6.45) is 5.29. The normalized spacial score (nSPS) is 26.7. The highest BCUT2D eigenvalue weighted by atomic mass is 16.3. The number of piperazine rings is 1. The summed E-state index contributed by atoms with van der Waals surface area (Å²) in [5, 5.41) is 20.9. The van der Waals surface area contributed by atoms with Crippen LogP contribution in [0.5, 0.6) is 0 Å². The second-order valence-corrected chi connectivity index (χ2v) is 8.24. The van der Waals surface area contributed by atoms with Crippen LogP contribution in [0.15, 0.2) is 0 Å². The Balaban J connectivity index is 1.73. The zero-order chi connectivity index (χ0) is 15.5. The highest BCUT2D eigenvalue weighted by Gasteiger charge is 2.33. The predicted octanol–water partition coefficient (Wildman–Crippen LogP) is 1.71. The molecule has 1 atom stereocenters. The third kappa shape index (κ3) is 5.20. The van der Waals surface area contributed by atoms with Gasteiger partial charge >= 0.3 is 0 Å². The maximum Gasteiger partial charge on any atom is 0.0774 e. The Bertz CT molecular complexity index is 313. The van der Waals surface area contributed by atoms with E-state index in [0.717, 1.165) is 52.1 Å². The summed E-state index contributed by atoms with van der Waals surface area (Å²) in [5.41, 5.74) is -0.486. The number of aliphatic hydroxyl groups is 2. The van der Waals surface area contributed by atoms with E-state index in [1.54, 1.807) is 0 Å². The average molecular weight is 298 g/mol. The van der Waals surface area contributed by atoms with Gasteiger partial charge in [0.25, 0.3) is 0 Å². The molecule has 4 nitrogen and oxygen atoms in total. The van der Waals surface area contributed by atoms with Crippen LogP contribution in [0.3, 0.4) is 0 Å². The number of nitrogens with zero attached hydrogens (tertiary/aromatic N) is 2. The molecule has 1 aliphatic carbocycles. The van der Waals surface area contributed by atoms with E-state index >= 15 is 0 Å². The van der Waals surface area contributed by atoms with Gasteiger partial charge in [-0.1, -0.05) is 40.0 Å². The van der Waals surface area contributed by atoms with E-state index in [1.807, 2.05) is 0 Å². The van der Waals surface area contributed by atoms with Crippen LogP contribution in [-0.2, 0) is 0 Å². The van der Waals surface area contributed by atoms with E-state index in [1.165, 1.54) is 19.3 Å². The van der Waals surface area contributed by atoms with Crippen LogP contribution in [0.25, 0.3) is 0 Å². The molecule has 124 valence electrons. The summed E-state index contributed by atoms with van der Waals surface area (Å²) in [5.74, 6) is 0. The highest BCUT2D eigenvalue weighted by molar-refractivity contribution is 4.88. The van der Waals surface area contributed by atoms with Gasteiger partial charge in [0, 0.05) is 39.3 Å². The monoisotopic (exact) mass is 298 g/mol. The van der Waals surface area contributed by atoms with Gasteiger partial charge < -0.3 is 10.2 Å².